The maximum atomic E-state index is 13.7. The minimum atomic E-state index is -0.743. The van der Waals surface area contributed by atoms with Crippen LogP contribution in [0.2, 0.25) is 0 Å². The average Bonchev–Trinajstić information content (AvgIpc) is 2.43. The number of nitrogens with zero attached hydrogens (tertiary/aromatic N) is 1. The van der Waals surface area contributed by atoms with Crippen LogP contribution >= 0.6 is 0 Å². The summed E-state index contributed by atoms with van der Waals surface area (Å²) in [7, 11) is 0. The summed E-state index contributed by atoms with van der Waals surface area (Å²) >= 11 is 0. The Hall–Kier alpha value is -1.73. The van der Waals surface area contributed by atoms with E-state index in [0.29, 0.717) is 25.2 Å². The number of ether oxygens (including phenoxy) is 3. The molecule has 0 unspecified atom stereocenters. The van der Waals surface area contributed by atoms with Gasteiger partial charge < -0.3 is 14.2 Å². The number of hydrogen-bond donors (Lipinski definition) is 0. The van der Waals surface area contributed by atoms with E-state index in [0.717, 1.165) is 12.5 Å². The molecule has 0 bridgehead atoms. The molecule has 1 heterocycles. The molecule has 110 valence electrons. The number of nitro groups is 1. The Morgan fingerprint density at radius 2 is 2.15 bits per heavy atom. The minimum Gasteiger partial charge on any atom is -0.490 e. The first-order valence-corrected chi connectivity index (χ1v) is 6.38. The second-order valence-corrected chi connectivity index (χ2v) is 4.49. The largest absolute Gasteiger partial charge is 0.490 e. The van der Waals surface area contributed by atoms with Gasteiger partial charge in [0, 0.05) is 12.0 Å². The molecule has 0 radical (unpaired) electrons. The molecule has 7 heteroatoms. The average molecular weight is 285 g/mol. The summed E-state index contributed by atoms with van der Waals surface area (Å²) in [5.41, 5.74) is 0.102. The summed E-state index contributed by atoms with van der Waals surface area (Å²) in [5.74, 6) is -0.739. The topological polar surface area (TPSA) is 70.8 Å². The Morgan fingerprint density at radius 3 is 2.80 bits per heavy atom. The summed E-state index contributed by atoms with van der Waals surface area (Å²) in [6, 6.07) is 2.20. The van der Waals surface area contributed by atoms with Crippen molar-refractivity contribution in [1.29, 1.82) is 0 Å². The Balaban J connectivity index is 1.92. The first kappa shape index (κ1) is 14.7. The molecule has 1 aliphatic rings. The van der Waals surface area contributed by atoms with Crippen LogP contribution in [0.5, 0.6) is 5.75 Å². The lowest BCUT2D eigenvalue weighted by molar-refractivity contribution is -0.385. The molecule has 20 heavy (non-hydrogen) atoms. The van der Waals surface area contributed by atoms with Crippen LogP contribution < -0.4 is 4.74 Å². The molecule has 2 rings (SSSR count). The number of benzene rings is 1. The lowest BCUT2D eigenvalue weighted by atomic mass is 10.2. The molecule has 1 aromatic rings. The molecule has 1 fully saturated rings. The fraction of sp³-hybridized carbons (Fsp3) is 0.538. The van der Waals surface area contributed by atoms with Crippen molar-refractivity contribution in [2.45, 2.75) is 26.1 Å². The van der Waals surface area contributed by atoms with Crippen LogP contribution in [0.3, 0.4) is 0 Å². The third-order valence-corrected chi connectivity index (χ3v) is 2.95. The van der Waals surface area contributed by atoms with Crippen LogP contribution in [0, 0.1) is 22.9 Å². The Bertz CT molecular complexity index is 488. The molecule has 0 N–H and O–H groups in total. The van der Waals surface area contributed by atoms with Crippen molar-refractivity contribution in [2.24, 2.45) is 0 Å². The van der Waals surface area contributed by atoms with Crippen molar-refractivity contribution in [3.63, 3.8) is 0 Å². The highest BCUT2D eigenvalue weighted by Gasteiger charge is 2.18. The highest BCUT2D eigenvalue weighted by molar-refractivity contribution is 5.45. The lowest BCUT2D eigenvalue weighted by Gasteiger charge is -2.23. The third kappa shape index (κ3) is 3.64. The maximum Gasteiger partial charge on any atom is 0.275 e. The van der Waals surface area contributed by atoms with Crippen molar-refractivity contribution in [3.05, 3.63) is 33.6 Å². The fourth-order valence-corrected chi connectivity index (χ4v) is 1.92. The van der Waals surface area contributed by atoms with Crippen molar-refractivity contribution in [3.8, 4) is 5.75 Å². The maximum absolute atomic E-state index is 13.7. The highest BCUT2D eigenvalue weighted by atomic mass is 19.1. The van der Waals surface area contributed by atoms with Gasteiger partial charge in [0.1, 0.15) is 0 Å². The molecular weight excluding hydrogens is 269 g/mol. The van der Waals surface area contributed by atoms with Gasteiger partial charge in [-0.2, -0.15) is 0 Å². The Morgan fingerprint density at radius 1 is 1.45 bits per heavy atom. The second-order valence-electron chi connectivity index (χ2n) is 4.49. The zero-order valence-corrected chi connectivity index (χ0v) is 11.1. The standard InChI is InChI=1S/C13H16FNO5/c1-9-7-12(10(14)8-11(9)15(16)17)18-6-3-13-19-4-2-5-20-13/h7-8,13H,2-6H2,1H3. The SMILES string of the molecule is Cc1cc(OCCC2OCCCO2)c(F)cc1[N+](=O)[O-]. The van der Waals surface area contributed by atoms with E-state index in [4.69, 9.17) is 14.2 Å². The van der Waals surface area contributed by atoms with Gasteiger partial charge in [-0.05, 0) is 19.4 Å². The van der Waals surface area contributed by atoms with Crippen molar-refractivity contribution in [2.75, 3.05) is 19.8 Å². The molecule has 0 amide bonds. The molecule has 6 nitrogen and oxygen atoms in total. The summed E-state index contributed by atoms with van der Waals surface area (Å²) < 4.78 is 29.6. The minimum absolute atomic E-state index is 0.00362. The summed E-state index contributed by atoms with van der Waals surface area (Å²) in [6.07, 6.45) is 1.02. The first-order valence-electron chi connectivity index (χ1n) is 6.38. The van der Waals surface area contributed by atoms with Gasteiger partial charge in [0.25, 0.3) is 5.69 Å². The summed E-state index contributed by atoms with van der Waals surface area (Å²) in [5, 5.41) is 10.7. The summed E-state index contributed by atoms with van der Waals surface area (Å²) in [6.45, 7) is 3.06. The molecule has 1 aromatic carbocycles. The molecule has 0 aliphatic carbocycles. The van der Waals surface area contributed by atoms with E-state index in [1.165, 1.54) is 13.0 Å². The first-order chi connectivity index (χ1) is 9.58. The van der Waals surface area contributed by atoms with Gasteiger partial charge in [-0.25, -0.2) is 4.39 Å². The van der Waals surface area contributed by atoms with E-state index in [1.807, 2.05) is 0 Å². The number of halogens is 1. The van der Waals surface area contributed by atoms with Gasteiger partial charge >= 0.3 is 0 Å². The predicted molar refractivity (Wildman–Crippen MR) is 68.2 cm³/mol. The van der Waals surface area contributed by atoms with Crippen molar-refractivity contribution < 1.29 is 23.5 Å². The molecule has 0 aromatic heterocycles. The van der Waals surface area contributed by atoms with Crippen molar-refractivity contribution >= 4 is 5.69 Å². The molecule has 0 saturated carbocycles. The number of rotatable bonds is 5. The smallest absolute Gasteiger partial charge is 0.275 e. The quantitative estimate of drug-likeness (QED) is 0.614. The molecule has 1 aliphatic heterocycles. The van der Waals surface area contributed by atoms with Crippen LogP contribution in [-0.4, -0.2) is 31.0 Å². The zero-order chi connectivity index (χ0) is 14.5. The monoisotopic (exact) mass is 285 g/mol. The van der Waals surface area contributed by atoms with E-state index in [2.05, 4.69) is 0 Å². The molecule has 0 spiro atoms. The van der Waals surface area contributed by atoms with Crippen LogP contribution in [0.25, 0.3) is 0 Å². The van der Waals surface area contributed by atoms with Crippen molar-refractivity contribution in [1.82, 2.24) is 0 Å². The molecule has 1 saturated heterocycles. The van der Waals surface area contributed by atoms with Gasteiger partial charge in [-0.1, -0.05) is 0 Å². The van der Waals surface area contributed by atoms with Crippen LogP contribution in [-0.2, 0) is 9.47 Å². The lowest BCUT2D eigenvalue weighted by Crippen LogP contribution is -2.26. The number of hydrogen-bond acceptors (Lipinski definition) is 5. The van der Waals surface area contributed by atoms with E-state index < -0.39 is 10.7 Å². The van der Waals surface area contributed by atoms with Gasteiger partial charge in [-0.3, -0.25) is 10.1 Å². The van der Waals surface area contributed by atoms with E-state index >= 15 is 0 Å². The normalized spacial score (nSPS) is 16.1. The van der Waals surface area contributed by atoms with Gasteiger partial charge in [-0.15, -0.1) is 0 Å². The molecule has 0 atom stereocenters. The highest BCUT2D eigenvalue weighted by Crippen LogP contribution is 2.27. The Labute approximate surface area is 115 Å². The van der Waals surface area contributed by atoms with Gasteiger partial charge in [0.05, 0.1) is 30.8 Å². The van der Waals surface area contributed by atoms with Crippen LogP contribution in [0.15, 0.2) is 12.1 Å². The second kappa shape index (κ2) is 6.62. The summed E-state index contributed by atoms with van der Waals surface area (Å²) in [4.78, 5) is 10.1. The van der Waals surface area contributed by atoms with E-state index in [1.54, 1.807) is 0 Å². The number of aryl methyl sites for hydroxylation is 1. The predicted octanol–water partition coefficient (Wildman–Crippen LogP) is 2.57. The van der Waals surface area contributed by atoms with E-state index in [-0.39, 0.29) is 24.3 Å². The van der Waals surface area contributed by atoms with Crippen LogP contribution in [0.1, 0.15) is 18.4 Å². The Kier molecular flexibility index (Phi) is 4.86. The number of nitro benzene ring substituents is 1. The third-order valence-electron chi connectivity index (χ3n) is 2.95. The van der Waals surface area contributed by atoms with Gasteiger partial charge in [0.2, 0.25) is 0 Å². The fourth-order valence-electron chi connectivity index (χ4n) is 1.92. The molecular formula is C13H16FNO5. The van der Waals surface area contributed by atoms with Crippen LogP contribution in [0.4, 0.5) is 10.1 Å². The zero-order valence-electron chi connectivity index (χ0n) is 11.1. The van der Waals surface area contributed by atoms with Gasteiger partial charge in [0.15, 0.2) is 17.9 Å². The van der Waals surface area contributed by atoms with E-state index in [9.17, 15) is 14.5 Å².